The number of phenolic OH excluding ortho intramolecular Hbond substituents is 1. The van der Waals surface area contributed by atoms with Gasteiger partial charge < -0.3 is 20.7 Å². The van der Waals surface area contributed by atoms with Gasteiger partial charge in [0, 0.05) is 11.6 Å². The van der Waals surface area contributed by atoms with E-state index in [0.29, 0.717) is 0 Å². The predicted molar refractivity (Wildman–Crippen MR) is 80.7 cm³/mol. The van der Waals surface area contributed by atoms with Crippen LogP contribution in [0.4, 0.5) is 10.1 Å². The minimum absolute atomic E-state index is 0.155. The van der Waals surface area contributed by atoms with Gasteiger partial charge in [-0.25, -0.2) is 9.18 Å². The number of nitrogens with two attached hydrogens (primary N) is 1. The summed E-state index contributed by atoms with van der Waals surface area (Å²) in [4.78, 5) is 23.1. The molecule has 6 nitrogen and oxygen atoms in total. The minimum Gasteiger partial charge on any atom is -0.508 e. The number of benzene rings is 2. The Morgan fingerprint density at radius 3 is 2.48 bits per heavy atom. The monoisotopic (exact) mass is 339 g/mol. The van der Waals surface area contributed by atoms with Crippen molar-refractivity contribution in [1.29, 1.82) is 0 Å². The quantitative estimate of drug-likeness (QED) is 0.439. The topological polar surface area (TPSA) is 110 Å². The van der Waals surface area contributed by atoms with E-state index in [-0.39, 0.29) is 22.0 Å². The molecule has 0 spiro atoms. The Labute approximate surface area is 134 Å². The second kappa shape index (κ2) is 6.53. The summed E-state index contributed by atoms with van der Waals surface area (Å²) >= 11 is 5.59. The summed E-state index contributed by atoms with van der Waals surface area (Å²) in [6.45, 7) is -0.491. The van der Waals surface area contributed by atoms with Crippen molar-refractivity contribution >= 4 is 29.0 Å². The lowest BCUT2D eigenvalue weighted by Crippen LogP contribution is -2.15. The highest BCUT2D eigenvalue weighted by Gasteiger charge is 2.19. The maximum Gasteiger partial charge on any atom is 0.337 e. The fraction of sp³-hybridized carbons (Fsp3) is 0.0667. The number of carboxylic acid groups (broad SMARTS) is 1. The van der Waals surface area contributed by atoms with E-state index in [1.807, 2.05) is 0 Å². The van der Waals surface area contributed by atoms with Gasteiger partial charge in [0.25, 0.3) is 0 Å². The number of rotatable bonds is 5. The second-order valence-corrected chi connectivity index (χ2v) is 4.95. The number of hydrogen-bond acceptors (Lipinski definition) is 5. The van der Waals surface area contributed by atoms with Gasteiger partial charge >= 0.3 is 5.97 Å². The third-order valence-corrected chi connectivity index (χ3v) is 3.25. The Morgan fingerprint density at radius 1 is 1.22 bits per heavy atom. The van der Waals surface area contributed by atoms with Crippen molar-refractivity contribution in [2.45, 2.75) is 0 Å². The number of anilines is 1. The number of aromatic carboxylic acids is 1. The third-order valence-electron chi connectivity index (χ3n) is 2.96. The molecule has 0 fully saturated rings. The SMILES string of the molecule is Nc1c(C(=O)O)cc(O)cc1C(=O)COc1ccc(F)c(Cl)c1. The van der Waals surface area contributed by atoms with Gasteiger partial charge in [0.1, 0.15) is 17.3 Å². The smallest absolute Gasteiger partial charge is 0.337 e. The average molecular weight is 340 g/mol. The van der Waals surface area contributed by atoms with E-state index in [1.165, 1.54) is 12.1 Å². The lowest BCUT2D eigenvalue weighted by Gasteiger charge is -2.10. The maximum absolute atomic E-state index is 13.0. The molecule has 0 saturated heterocycles. The molecular weight excluding hydrogens is 329 g/mol. The zero-order chi connectivity index (χ0) is 17.1. The van der Waals surface area contributed by atoms with Crippen molar-refractivity contribution in [2.24, 2.45) is 0 Å². The molecule has 0 unspecified atom stereocenters. The van der Waals surface area contributed by atoms with Crippen LogP contribution in [0, 0.1) is 5.82 Å². The highest BCUT2D eigenvalue weighted by atomic mass is 35.5. The molecule has 2 rings (SSSR count). The van der Waals surface area contributed by atoms with E-state index in [0.717, 1.165) is 18.2 Å². The van der Waals surface area contributed by atoms with E-state index in [4.69, 9.17) is 27.2 Å². The lowest BCUT2D eigenvalue weighted by atomic mass is 10.0. The van der Waals surface area contributed by atoms with Crippen LogP contribution in [0.15, 0.2) is 30.3 Å². The molecule has 8 heteroatoms. The van der Waals surface area contributed by atoms with Crippen LogP contribution in [0.5, 0.6) is 11.5 Å². The third kappa shape index (κ3) is 3.70. The number of Topliss-reactive ketones (excluding diaryl/α,β-unsaturated/α-hetero) is 1. The zero-order valence-corrected chi connectivity index (χ0v) is 12.3. The van der Waals surface area contributed by atoms with Crippen molar-refractivity contribution in [3.8, 4) is 11.5 Å². The summed E-state index contributed by atoms with van der Waals surface area (Å²) in [6, 6.07) is 5.54. The number of halogens is 2. The van der Waals surface area contributed by atoms with Crippen molar-refractivity contribution < 1.29 is 28.9 Å². The molecule has 0 heterocycles. The first kappa shape index (κ1) is 16.6. The Kier molecular flexibility index (Phi) is 4.71. The molecule has 0 atom stereocenters. The van der Waals surface area contributed by atoms with Gasteiger partial charge in [-0.05, 0) is 24.3 Å². The number of hydrogen-bond donors (Lipinski definition) is 3. The molecule has 0 aromatic heterocycles. The van der Waals surface area contributed by atoms with E-state index in [9.17, 15) is 19.1 Å². The Hall–Kier alpha value is -2.80. The van der Waals surface area contributed by atoms with Gasteiger partial charge in [-0.15, -0.1) is 0 Å². The van der Waals surface area contributed by atoms with Crippen LogP contribution < -0.4 is 10.5 Å². The van der Waals surface area contributed by atoms with Gasteiger partial charge in [-0.3, -0.25) is 4.79 Å². The molecular formula is C15H11ClFNO5. The first-order valence-corrected chi connectivity index (χ1v) is 6.64. The van der Waals surface area contributed by atoms with E-state index < -0.39 is 35.5 Å². The van der Waals surface area contributed by atoms with E-state index in [2.05, 4.69) is 0 Å². The van der Waals surface area contributed by atoms with Crippen LogP contribution in [-0.2, 0) is 0 Å². The second-order valence-electron chi connectivity index (χ2n) is 4.55. The first-order chi connectivity index (χ1) is 10.8. The summed E-state index contributed by atoms with van der Waals surface area (Å²) in [5.74, 6) is -2.92. The molecule has 0 aliphatic rings. The van der Waals surface area contributed by atoms with Gasteiger partial charge in [-0.2, -0.15) is 0 Å². The molecule has 0 amide bonds. The van der Waals surface area contributed by atoms with Gasteiger partial charge in [-0.1, -0.05) is 11.6 Å². The molecule has 4 N–H and O–H groups in total. The summed E-state index contributed by atoms with van der Waals surface area (Å²) in [6.07, 6.45) is 0. The summed E-state index contributed by atoms with van der Waals surface area (Å²) in [7, 11) is 0. The highest BCUT2D eigenvalue weighted by Crippen LogP contribution is 2.26. The molecule has 0 bridgehead atoms. The molecule has 0 radical (unpaired) electrons. The lowest BCUT2D eigenvalue weighted by molar-refractivity contribution is 0.0697. The standard InChI is InChI=1S/C15H11ClFNO5/c16-11-5-8(1-2-12(11)17)23-6-13(20)9-3-7(19)4-10(14(9)18)15(21)22/h1-5,19H,6,18H2,(H,21,22). The summed E-state index contributed by atoms with van der Waals surface area (Å²) in [5, 5.41) is 18.3. The zero-order valence-electron chi connectivity index (χ0n) is 11.5. The number of ether oxygens (including phenoxy) is 1. The average Bonchev–Trinajstić information content (AvgIpc) is 2.49. The fourth-order valence-electron chi connectivity index (χ4n) is 1.84. The molecule has 0 saturated carbocycles. The van der Waals surface area contributed by atoms with Crippen molar-refractivity contribution in [3.05, 3.63) is 52.3 Å². The number of aromatic hydroxyl groups is 1. The molecule has 2 aromatic rings. The van der Waals surface area contributed by atoms with Crippen LogP contribution in [-0.4, -0.2) is 28.6 Å². The van der Waals surface area contributed by atoms with Crippen molar-refractivity contribution in [1.82, 2.24) is 0 Å². The molecule has 120 valence electrons. The summed E-state index contributed by atoms with van der Waals surface area (Å²) < 4.78 is 18.2. The largest absolute Gasteiger partial charge is 0.508 e. The van der Waals surface area contributed by atoms with Crippen LogP contribution in [0.2, 0.25) is 5.02 Å². The number of carbonyl (C=O) groups is 2. The van der Waals surface area contributed by atoms with E-state index >= 15 is 0 Å². The molecule has 0 aliphatic heterocycles. The molecule has 23 heavy (non-hydrogen) atoms. The minimum atomic E-state index is -1.38. The van der Waals surface area contributed by atoms with Gasteiger partial charge in [0.05, 0.1) is 16.3 Å². The van der Waals surface area contributed by atoms with Crippen LogP contribution >= 0.6 is 11.6 Å². The Bertz CT molecular complexity index is 794. The first-order valence-electron chi connectivity index (χ1n) is 6.26. The number of nitrogen functional groups attached to an aromatic ring is 1. The molecule has 2 aromatic carbocycles. The van der Waals surface area contributed by atoms with Crippen molar-refractivity contribution in [3.63, 3.8) is 0 Å². The fourth-order valence-corrected chi connectivity index (χ4v) is 2.01. The van der Waals surface area contributed by atoms with Gasteiger partial charge in [0.2, 0.25) is 5.78 Å². The molecule has 0 aliphatic carbocycles. The number of phenols is 1. The van der Waals surface area contributed by atoms with Gasteiger partial charge in [0.15, 0.2) is 6.61 Å². The van der Waals surface area contributed by atoms with Crippen LogP contribution in [0.3, 0.4) is 0 Å². The number of carbonyl (C=O) groups excluding carboxylic acids is 1. The Balaban J connectivity index is 2.21. The number of carboxylic acids is 1. The number of ketones is 1. The van der Waals surface area contributed by atoms with Crippen LogP contribution in [0.1, 0.15) is 20.7 Å². The predicted octanol–water partition coefficient (Wildman–Crippen LogP) is 2.73. The maximum atomic E-state index is 13.0. The summed E-state index contributed by atoms with van der Waals surface area (Å²) in [5.41, 5.74) is 4.78. The highest BCUT2D eigenvalue weighted by molar-refractivity contribution is 6.30. The Morgan fingerprint density at radius 2 is 1.87 bits per heavy atom. The normalized spacial score (nSPS) is 10.3. The van der Waals surface area contributed by atoms with Crippen molar-refractivity contribution in [2.75, 3.05) is 12.3 Å². The van der Waals surface area contributed by atoms with E-state index in [1.54, 1.807) is 0 Å². The van der Waals surface area contributed by atoms with Crippen LogP contribution in [0.25, 0.3) is 0 Å².